The number of aliphatic carboxylic acids is 1. The first-order valence-corrected chi connectivity index (χ1v) is 5.92. The number of carbonyl (C=O) groups is 1. The van der Waals surface area contributed by atoms with Crippen LogP contribution in [0.4, 0.5) is 14.5 Å². The quantitative estimate of drug-likeness (QED) is 0.897. The van der Waals surface area contributed by atoms with Gasteiger partial charge in [-0.2, -0.15) is 8.78 Å². The number of halogens is 2. The van der Waals surface area contributed by atoms with Crippen molar-refractivity contribution < 1.29 is 18.7 Å². The molecule has 1 N–H and O–H groups in total. The standard InChI is InChI=1S/C13H15F2NO2/c1-2-16-6-5-10-7-9(3-4-11(10)16)8-13(14,15)12(17)18/h3-4,7H,2,5-6,8H2,1H3,(H,17,18). The SMILES string of the molecule is CCN1CCc2cc(CC(F)(F)C(=O)O)ccc21. The normalized spacial score (nSPS) is 14.7. The van der Waals surface area contributed by atoms with Crippen LogP contribution in [-0.4, -0.2) is 30.1 Å². The molecule has 0 spiro atoms. The number of hydrogen-bond acceptors (Lipinski definition) is 2. The van der Waals surface area contributed by atoms with Crippen LogP contribution in [0.15, 0.2) is 18.2 Å². The van der Waals surface area contributed by atoms with Crippen LogP contribution in [0.5, 0.6) is 0 Å². The zero-order valence-corrected chi connectivity index (χ0v) is 10.1. The summed E-state index contributed by atoms with van der Waals surface area (Å²) in [6, 6.07) is 5.09. The van der Waals surface area contributed by atoms with Crippen LogP contribution >= 0.6 is 0 Å². The molecule has 18 heavy (non-hydrogen) atoms. The number of rotatable bonds is 4. The fourth-order valence-electron chi connectivity index (χ4n) is 2.29. The molecule has 0 aliphatic carbocycles. The zero-order chi connectivity index (χ0) is 13.3. The molecule has 98 valence electrons. The maximum absolute atomic E-state index is 13.1. The number of fused-ring (bicyclic) bond motifs is 1. The molecule has 1 aliphatic rings. The Bertz CT molecular complexity index is 474. The molecule has 1 aromatic carbocycles. The van der Waals surface area contributed by atoms with Gasteiger partial charge in [0, 0.05) is 25.2 Å². The fraction of sp³-hybridized carbons (Fsp3) is 0.462. The van der Waals surface area contributed by atoms with E-state index in [1.807, 2.05) is 6.92 Å². The van der Waals surface area contributed by atoms with Crippen LogP contribution in [0.3, 0.4) is 0 Å². The molecule has 3 nitrogen and oxygen atoms in total. The van der Waals surface area contributed by atoms with Crippen molar-refractivity contribution in [2.75, 3.05) is 18.0 Å². The summed E-state index contributed by atoms with van der Waals surface area (Å²) in [4.78, 5) is 12.6. The lowest BCUT2D eigenvalue weighted by Crippen LogP contribution is -2.30. The summed E-state index contributed by atoms with van der Waals surface area (Å²) in [5, 5.41) is 8.42. The second kappa shape index (κ2) is 4.55. The van der Waals surface area contributed by atoms with Gasteiger partial charge in [0.2, 0.25) is 0 Å². The van der Waals surface area contributed by atoms with E-state index in [4.69, 9.17) is 5.11 Å². The molecule has 1 heterocycles. The van der Waals surface area contributed by atoms with Crippen LogP contribution in [-0.2, 0) is 17.6 Å². The Balaban J connectivity index is 2.21. The van der Waals surface area contributed by atoms with E-state index in [2.05, 4.69) is 4.90 Å². The van der Waals surface area contributed by atoms with E-state index in [1.165, 1.54) is 0 Å². The number of likely N-dealkylation sites (N-methyl/N-ethyl adjacent to an activating group) is 1. The Morgan fingerprint density at radius 1 is 1.50 bits per heavy atom. The number of anilines is 1. The minimum absolute atomic E-state index is 0.374. The first-order chi connectivity index (χ1) is 8.44. The van der Waals surface area contributed by atoms with E-state index in [9.17, 15) is 13.6 Å². The van der Waals surface area contributed by atoms with Gasteiger partial charge < -0.3 is 10.0 Å². The molecule has 0 fully saturated rings. The highest BCUT2D eigenvalue weighted by atomic mass is 19.3. The molecule has 2 rings (SSSR count). The van der Waals surface area contributed by atoms with E-state index in [1.54, 1.807) is 18.2 Å². The molecule has 0 amide bonds. The monoisotopic (exact) mass is 255 g/mol. The minimum atomic E-state index is -3.70. The molecule has 0 bridgehead atoms. The van der Waals surface area contributed by atoms with Gasteiger partial charge in [0.15, 0.2) is 0 Å². The Labute approximate surface area is 104 Å². The average Bonchev–Trinajstić information content (AvgIpc) is 2.70. The third-order valence-corrected chi connectivity index (χ3v) is 3.26. The first-order valence-electron chi connectivity index (χ1n) is 5.92. The predicted octanol–water partition coefficient (Wildman–Crippen LogP) is 2.33. The smallest absolute Gasteiger partial charge is 0.374 e. The van der Waals surface area contributed by atoms with Crippen molar-refractivity contribution in [3.8, 4) is 0 Å². The molecule has 0 radical (unpaired) electrons. The number of carboxylic acid groups (broad SMARTS) is 1. The topological polar surface area (TPSA) is 40.5 Å². The fourth-order valence-corrected chi connectivity index (χ4v) is 2.29. The number of hydrogen-bond donors (Lipinski definition) is 1. The molecule has 0 saturated heterocycles. The third-order valence-electron chi connectivity index (χ3n) is 3.26. The summed E-state index contributed by atoms with van der Waals surface area (Å²) in [6.07, 6.45) is 0.0807. The van der Waals surface area contributed by atoms with Gasteiger partial charge in [0.05, 0.1) is 0 Å². The van der Waals surface area contributed by atoms with E-state index < -0.39 is 18.3 Å². The first kappa shape index (κ1) is 12.8. The van der Waals surface area contributed by atoms with Crippen LogP contribution in [0, 0.1) is 0 Å². The van der Waals surface area contributed by atoms with Crippen molar-refractivity contribution in [2.45, 2.75) is 25.7 Å². The third kappa shape index (κ3) is 2.30. The number of benzene rings is 1. The van der Waals surface area contributed by atoms with E-state index in [-0.39, 0.29) is 0 Å². The summed E-state index contributed by atoms with van der Waals surface area (Å²) in [5.74, 6) is -5.77. The molecule has 1 aromatic rings. The molecule has 0 atom stereocenters. The van der Waals surface area contributed by atoms with Crippen LogP contribution in [0.2, 0.25) is 0 Å². The van der Waals surface area contributed by atoms with Crippen LogP contribution in [0.1, 0.15) is 18.1 Å². The van der Waals surface area contributed by atoms with Crippen molar-refractivity contribution in [1.29, 1.82) is 0 Å². The highest BCUT2D eigenvalue weighted by molar-refractivity contribution is 5.75. The predicted molar refractivity (Wildman–Crippen MR) is 64.3 cm³/mol. The molecule has 1 aliphatic heterocycles. The van der Waals surface area contributed by atoms with Crippen LogP contribution < -0.4 is 4.90 Å². The summed E-state index contributed by atoms with van der Waals surface area (Å²) < 4.78 is 26.2. The van der Waals surface area contributed by atoms with Gasteiger partial charge in [-0.05, 0) is 30.5 Å². The second-order valence-electron chi connectivity index (χ2n) is 4.48. The average molecular weight is 255 g/mol. The van der Waals surface area contributed by atoms with Gasteiger partial charge in [-0.3, -0.25) is 0 Å². The summed E-state index contributed by atoms with van der Waals surface area (Å²) in [7, 11) is 0. The zero-order valence-electron chi connectivity index (χ0n) is 10.1. The lowest BCUT2D eigenvalue weighted by Gasteiger charge is -2.17. The molecule has 5 heteroatoms. The van der Waals surface area contributed by atoms with Crippen molar-refractivity contribution in [2.24, 2.45) is 0 Å². The maximum atomic E-state index is 13.1. The molecular weight excluding hydrogens is 240 g/mol. The van der Waals surface area contributed by atoms with Crippen molar-refractivity contribution in [1.82, 2.24) is 0 Å². The van der Waals surface area contributed by atoms with Crippen molar-refractivity contribution in [3.05, 3.63) is 29.3 Å². The molecular formula is C13H15F2NO2. The number of alkyl halides is 2. The lowest BCUT2D eigenvalue weighted by atomic mass is 10.0. The van der Waals surface area contributed by atoms with E-state index in [0.29, 0.717) is 5.56 Å². The van der Waals surface area contributed by atoms with Crippen LogP contribution in [0.25, 0.3) is 0 Å². The van der Waals surface area contributed by atoms with Gasteiger partial charge in [-0.15, -0.1) is 0 Å². The van der Waals surface area contributed by atoms with Gasteiger partial charge in [0.1, 0.15) is 0 Å². The Morgan fingerprint density at radius 3 is 2.83 bits per heavy atom. The molecule has 0 aromatic heterocycles. The summed E-state index contributed by atoms with van der Waals surface area (Å²) in [6.45, 7) is 3.82. The van der Waals surface area contributed by atoms with Crippen molar-refractivity contribution in [3.63, 3.8) is 0 Å². The van der Waals surface area contributed by atoms with Gasteiger partial charge >= 0.3 is 11.9 Å². The summed E-state index contributed by atoms with van der Waals surface area (Å²) in [5.41, 5.74) is 2.47. The van der Waals surface area contributed by atoms with Gasteiger partial charge in [-0.1, -0.05) is 12.1 Å². The minimum Gasteiger partial charge on any atom is -0.477 e. The van der Waals surface area contributed by atoms with E-state index >= 15 is 0 Å². The molecule has 0 saturated carbocycles. The Hall–Kier alpha value is -1.65. The maximum Gasteiger partial charge on any atom is 0.374 e. The summed E-state index contributed by atoms with van der Waals surface area (Å²) >= 11 is 0. The van der Waals surface area contributed by atoms with E-state index in [0.717, 1.165) is 30.8 Å². The lowest BCUT2D eigenvalue weighted by molar-refractivity contribution is -0.164. The Morgan fingerprint density at radius 2 is 2.22 bits per heavy atom. The van der Waals surface area contributed by atoms with Gasteiger partial charge in [-0.25, -0.2) is 4.79 Å². The highest BCUT2D eigenvalue weighted by Crippen LogP contribution is 2.30. The highest BCUT2D eigenvalue weighted by Gasteiger charge is 2.39. The van der Waals surface area contributed by atoms with Gasteiger partial charge in [0.25, 0.3) is 0 Å². The largest absolute Gasteiger partial charge is 0.477 e. The second-order valence-corrected chi connectivity index (χ2v) is 4.48. The number of nitrogens with zero attached hydrogens (tertiary/aromatic N) is 1. The number of carboxylic acids is 1. The molecule has 0 unspecified atom stereocenters. The van der Waals surface area contributed by atoms with Crippen molar-refractivity contribution >= 4 is 11.7 Å². The Kier molecular flexibility index (Phi) is 3.24.